The Balaban J connectivity index is 3.16. The molecule has 0 radical (unpaired) electrons. The summed E-state index contributed by atoms with van der Waals surface area (Å²) in [5.74, 6) is -0.515. The van der Waals surface area contributed by atoms with Gasteiger partial charge in [-0.3, -0.25) is 4.79 Å². The normalized spacial score (nSPS) is 11.1. The zero-order valence-electron chi connectivity index (χ0n) is 10.4. The highest BCUT2D eigenvalue weighted by molar-refractivity contribution is 5.78. The van der Waals surface area contributed by atoms with Gasteiger partial charge in [0.2, 0.25) is 0 Å². The number of hydrogen-bond acceptors (Lipinski definition) is 3. The monoisotopic (exact) mass is 236 g/mol. The van der Waals surface area contributed by atoms with E-state index in [2.05, 4.69) is 0 Å². The van der Waals surface area contributed by atoms with Gasteiger partial charge >= 0.3 is 5.97 Å². The Bertz CT molecular complexity index is 437. The number of benzene rings is 1. The number of aliphatic carboxylic acids is 1. The van der Waals surface area contributed by atoms with Gasteiger partial charge in [-0.1, -0.05) is 0 Å². The molecule has 0 saturated carbocycles. The van der Waals surface area contributed by atoms with Gasteiger partial charge in [-0.05, 0) is 51.0 Å². The zero-order chi connectivity index (χ0) is 13.2. The maximum atomic E-state index is 11.0. The van der Waals surface area contributed by atoms with E-state index in [1.165, 1.54) is 13.8 Å². The number of ether oxygens (including phenoxy) is 1. The topological polar surface area (TPSA) is 63.6 Å². The molecule has 92 valence electrons. The quantitative estimate of drug-likeness (QED) is 0.815. The number of carbonyl (C=O) groups excluding carboxylic acids is 1. The summed E-state index contributed by atoms with van der Waals surface area (Å²) in [6.45, 7) is 6.55. The molecule has 0 atom stereocenters. The van der Waals surface area contributed by atoms with Crippen LogP contribution in [0.2, 0.25) is 0 Å². The Morgan fingerprint density at radius 3 is 2.12 bits per heavy atom. The summed E-state index contributed by atoms with van der Waals surface area (Å²) >= 11 is 0. The summed E-state index contributed by atoms with van der Waals surface area (Å²) in [6.07, 6.45) is 0.756. The van der Waals surface area contributed by atoms with Gasteiger partial charge < -0.3 is 9.84 Å². The first-order valence-electron chi connectivity index (χ1n) is 5.27. The van der Waals surface area contributed by atoms with Crippen LogP contribution in [-0.4, -0.2) is 23.0 Å². The molecule has 4 heteroatoms. The van der Waals surface area contributed by atoms with Crippen molar-refractivity contribution in [3.8, 4) is 5.75 Å². The van der Waals surface area contributed by atoms with Crippen LogP contribution in [0.5, 0.6) is 5.75 Å². The molecule has 0 unspecified atom stereocenters. The molecule has 0 saturated heterocycles. The summed E-state index contributed by atoms with van der Waals surface area (Å²) in [5.41, 5.74) is 0.765. The highest BCUT2D eigenvalue weighted by Gasteiger charge is 2.30. The van der Waals surface area contributed by atoms with Crippen LogP contribution in [-0.2, 0) is 4.79 Å². The summed E-state index contributed by atoms with van der Waals surface area (Å²) in [7, 11) is 0. The molecular weight excluding hydrogens is 220 g/mol. The fraction of sp³-hybridized carbons (Fsp3) is 0.385. The van der Waals surface area contributed by atoms with Gasteiger partial charge in [0.15, 0.2) is 5.60 Å². The maximum absolute atomic E-state index is 11.0. The number of aryl methyl sites for hydroxylation is 2. The van der Waals surface area contributed by atoms with Crippen LogP contribution in [0.4, 0.5) is 0 Å². The fourth-order valence-electron chi connectivity index (χ4n) is 1.51. The molecule has 0 fully saturated rings. The second-order valence-corrected chi connectivity index (χ2v) is 4.52. The second-order valence-electron chi connectivity index (χ2n) is 4.52. The molecule has 1 rings (SSSR count). The van der Waals surface area contributed by atoms with Gasteiger partial charge in [-0.2, -0.15) is 0 Å². The Hall–Kier alpha value is -1.84. The van der Waals surface area contributed by atoms with E-state index in [0.717, 1.165) is 17.4 Å². The van der Waals surface area contributed by atoms with Crippen molar-refractivity contribution in [2.75, 3.05) is 0 Å². The van der Waals surface area contributed by atoms with Crippen LogP contribution in [0.1, 0.15) is 35.3 Å². The minimum Gasteiger partial charge on any atom is -0.478 e. The van der Waals surface area contributed by atoms with Gasteiger partial charge in [0.25, 0.3) is 0 Å². The van der Waals surface area contributed by atoms with Crippen LogP contribution in [0, 0.1) is 13.8 Å². The molecule has 1 N–H and O–H groups in total. The van der Waals surface area contributed by atoms with E-state index >= 15 is 0 Å². The highest BCUT2D eigenvalue weighted by atomic mass is 16.5. The molecule has 1 aromatic carbocycles. The van der Waals surface area contributed by atoms with E-state index in [1.54, 1.807) is 26.0 Å². The zero-order valence-corrected chi connectivity index (χ0v) is 10.4. The van der Waals surface area contributed by atoms with E-state index in [0.29, 0.717) is 11.3 Å². The van der Waals surface area contributed by atoms with Crippen molar-refractivity contribution in [2.24, 2.45) is 0 Å². The first-order chi connectivity index (χ1) is 7.77. The van der Waals surface area contributed by atoms with E-state index in [9.17, 15) is 9.59 Å². The Morgan fingerprint density at radius 1 is 1.29 bits per heavy atom. The third kappa shape index (κ3) is 2.84. The minimum atomic E-state index is -1.29. The molecule has 1 aromatic rings. The van der Waals surface area contributed by atoms with Crippen molar-refractivity contribution in [3.63, 3.8) is 0 Å². The Kier molecular flexibility index (Phi) is 3.56. The number of aldehydes is 1. The first kappa shape index (κ1) is 13.2. The molecule has 0 aliphatic rings. The molecule has 0 aliphatic carbocycles. The SMILES string of the molecule is Cc1cc(C=O)cc(C)c1OC(C)(C)C(=O)O. The van der Waals surface area contributed by atoms with Crippen LogP contribution >= 0.6 is 0 Å². The van der Waals surface area contributed by atoms with E-state index in [1.807, 2.05) is 0 Å². The number of hydrogen-bond donors (Lipinski definition) is 1. The lowest BCUT2D eigenvalue weighted by Crippen LogP contribution is -2.38. The molecular formula is C13H16O4. The molecule has 0 heterocycles. The molecule has 0 aliphatic heterocycles. The summed E-state index contributed by atoms with van der Waals surface area (Å²) < 4.78 is 5.51. The van der Waals surface area contributed by atoms with Gasteiger partial charge in [0, 0.05) is 5.56 Å². The van der Waals surface area contributed by atoms with Crippen molar-refractivity contribution in [1.82, 2.24) is 0 Å². The third-order valence-electron chi connectivity index (χ3n) is 2.49. The molecule has 4 nitrogen and oxygen atoms in total. The van der Waals surface area contributed by atoms with Crippen LogP contribution in [0.25, 0.3) is 0 Å². The number of carbonyl (C=O) groups is 2. The minimum absolute atomic E-state index is 0.517. The van der Waals surface area contributed by atoms with Crippen LogP contribution in [0.3, 0.4) is 0 Å². The lowest BCUT2D eigenvalue weighted by molar-refractivity contribution is -0.152. The predicted octanol–water partition coefficient (Wildman–Crippen LogP) is 2.36. The van der Waals surface area contributed by atoms with Gasteiger partial charge in [0.05, 0.1) is 0 Å². The molecule has 0 amide bonds. The van der Waals surface area contributed by atoms with Crippen LogP contribution < -0.4 is 4.74 Å². The summed E-state index contributed by atoms with van der Waals surface area (Å²) in [5, 5.41) is 9.00. The van der Waals surface area contributed by atoms with Crippen molar-refractivity contribution < 1.29 is 19.4 Å². The maximum Gasteiger partial charge on any atom is 0.347 e. The molecule has 0 aromatic heterocycles. The lowest BCUT2D eigenvalue weighted by atomic mass is 10.0. The smallest absolute Gasteiger partial charge is 0.347 e. The van der Waals surface area contributed by atoms with Gasteiger partial charge in [0.1, 0.15) is 12.0 Å². The van der Waals surface area contributed by atoms with Gasteiger partial charge in [-0.15, -0.1) is 0 Å². The van der Waals surface area contributed by atoms with E-state index in [4.69, 9.17) is 9.84 Å². The number of carboxylic acid groups (broad SMARTS) is 1. The fourth-order valence-corrected chi connectivity index (χ4v) is 1.51. The average Bonchev–Trinajstić information content (AvgIpc) is 2.22. The van der Waals surface area contributed by atoms with Crippen molar-refractivity contribution in [1.29, 1.82) is 0 Å². The highest BCUT2D eigenvalue weighted by Crippen LogP contribution is 2.28. The third-order valence-corrected chi connectivity index (χ3v) is 2.49. The first-order valence-corrected chi connectivity index (χ1v) is 5.27. The van der Waals surface area contributed by atoms with Gasteiger partial charge in [-0.25, -0.2) is 4.79 Å². The summed E-state index contributed by atoms with van der Waals surface area (Å²) in [4.78, 5) is 21.7. The number of carboxylic acids is 1. The lowest BCUT2D eigenvalue weighted by Gasteiger charge is -2.24. The largest absolute Gasteiger partial charge is 0.478 e. The molecule has 0 spiro atoms. The summed E-state index contributed by atoms with van der Waals surface area (Å²) in [6, 6.07) is 3.35. The Labute approximate surface area is 100 Å². The molecule has 0 bridgehead atoms. The number of rotatable bonds is 4. The Morgan fingerprint density at radius 2 is 1.76 bits per heavy atom. The van der Waals surface area contributed by atoms with E-state index < -0.39 is 11.6 Å². The standard InChI is InChI=1S/C13H16O4/c1-8-5-10(7-14)6-9(2)11(8)17-13(3,4)12(15)16/h5-7H,1-4H3,(H,15,16). The van der Waals surface area contributed by atoms with Crippen LogP contribution in [0.15, 0.2) is 12.1 Å². The van der Waals surface area contributed by atoms with Crippen molar-refractivity contribution in [3.05, 3.63) is 28.8 Å². The average molecular weight is 236 g/mol. The molecule has 17 heavy (non-hydrogen) atoms. The van der Waals surface area contributed by atoms with E-state index in [-0.39, 0.29) is 0 Å². The van der Waals surface area contributed by atoms with Crippen molar-refractivity contribution >= 4 is 12.3 Å². The second kappa shape index (κ2) is 4.57. The predicted molar refractivity (Wildman–Crippen MR) is 63.6 cm³/mol. The van der Waals surface area contributed by atoms with Crippen molar-refractivity contribution in [2.45, 2.75) is 33.3 Å².